The minimum absolute atomic E-state index is 0.213. The van der Waals surface area contributed by atoms with Gasteiger partial charge in [-0.1, -0.05) is 26.5 Å². The fraction of sp³-hybridized carbons (Fsp3) is 0.160. The second kappa shape index (κ2) is 9.34. The summed E-state index contributed by atoms with van der Waals surface area (Å²) < 4.78 is 16.7. The molecule has 162 valence electrons. The van der Waals surface area contributed by atoms with E-state index in [1.165, 1.54) is 12.7 Å². The molecule has 2 aromatic carbocycles. The molecule has 0 atom stereocenters. The van der Waals surface area contributed by atoms with Crippen LogP contribution in [0, 0.1) is 0 Å². The largest absolute Gasteiger partial charge is 0.489 e. The summed E-state index contributed by atoms with van der Waals surface area (Å²) in [6, 6.07) is 14.7. The Morgan fingerprint density at radius 2 is 1.94 bits per heavy atom. The van der Waals surface area contributed by atoms with Crippen molar-refractivity contribution in [2.45, 2.75) is 19.8 Å². The molecule has 0 fully saturated rings. The van der Waals surface area contributed by atoms with Crippen molar-refractivity contribution in [2.75, 3.05) is 11.9 Å². The highest BCUT2D eigenvalue weighted by Gasteiger charge is 2.12. The second-order valence-electron chi connectivity index (χ2n) is 7.43. The standard InChI is InChI=1S/C25H23N3O4/c1-4-11-31-24-13-22(16(2)3)28-21-10-9-19(12-20(21)24)32-18-7-5-17(6-8-18)27-25(29)23-14-30-15-26-23/h4-10,12-16H,1,11H2,2-3H3,(H,27,29). The number of carbonyl (C=O) groups excluding carboxylic acids is 1. The number of nitrogens with one attached hydrogen (secondary N) is 1. The van der Waals surface area contributed by atoms with Gasteiger partial charge in [0, 0.05) is 22.8 Å². The molecule has 2 heterocycles. The fourth-order valence-electron chi connectivity index (χ4n) is 3.08. The summed E-state index contributed by atoms with van der Waals surface area (Å²) in [6.45, 7) is 8.33. The molecule has 32 heavy (non-hydrogen) atoms. The molecule has 0 saturated heterocycles. The predicted molar refractivity (Wildman–Crippen MR) is 122 cm³/mol. The topological polar surface area (TPSA) is 86.5 Å². The highest BCUT2D eigenvalue weighted by molar-refractivity contribution is 6.02. The Morgan fingerprint density at radius 3 is 2.62 bits per heavy atom. The third kappa shape index (κ3) is 4.78. The van der Waals surface area contributed by atoms with Crippen molar-refractivity contribution in [3.63, 3.8) is 0 Å². The molecule has 0 aliphatic heterocycles. The maximum atomic E-state index is 12.1. The Balaban J connectivity index is 1.54. The Hall–Kier alpha value is -4.13. The van der Waals surface area contributed by atoms with E-state index in [2.05, 4.69) is 30.7 Å². The maximum absolute atomic E-state index is 12.1. The number of rotatable bonds is 8. The summed E-state index contributed by atoms with van der Waals surface area (Å²) in [6.07, 6.45) is 4.21. The molecule has 0 spiro atoms. The molecule has 4 aromatic rings. The van der Waals surface area contributed by atoms with E-state index in [1.807, 2.05) is 24.3 Å². The van der Waals surface area contributed by atoms with Crippen LogP contribution in [0.3, 0.4) is 0 Å². The van der Waals surface area contributed by atoms with Crippen molar-refractivity contribution < 1.29 is 18.7 Å². The predicted octanol–water partition coefficient (Wildman–Crippen LogP) is 5.96. The Bertz CT molecular complexity index is 1230. The van der Waals surface area contributed by atoms with Gasteiger partial charge in [-0.05, 0) is 48.4 Å². The molecular weight excluding hydrogens is 406 g/mol. The van der Waals surface area contributed by atoms with Crippen LogP contribution < -0.4 is 14.8 Å². The van der Waals surface area contributed by atoms with Crippen LogP contribution >= 0.6 is 0 Å². The van der Waals surface area contributed by atoms with Gasteiger partial charge in [0.1, 0.15) is 30.1 Å². The van der Waals surface area contributed by atoms with Crippen LogP contribution in [0.2, 0.25) is 0 Å². The lowest BCUT2D eigenvalue weighted by molar-refractivity contribution is 0.102. The number of oxazole rings is 1. The average molecular weight is 429 g/mol. The van der Waals surface area contributed by atoms with Crippen LogP contribution in [0.25, 0.3) is 10.9 Å². The summed E-state index contributed by atoms with van der Waals surface area (Å²) >= 11 is 0. The molecule has 0 aliphatic rings. The van der Waals surface area contributed by atoms with Crippen molar-refractivity contribution in [1.82, 2.24) is 9.97 Å². The second-order valence-corrected chi connectivity index (χ2v) is 7.43. The van der Waals surface area contributed by atoms with Gasteiger partial charge in [0.2, 0.25) is 0 Å². The highest BCUT2D eigenvalue weighted by atomic mass is 16.5. The van der Waals surface area contributed by atoms with Gasteiger partial charge in [0.25, 0.3) is 5.91 Å². The van der Waals surface area contributed by atoms with E-state index in [-0.39, 0.29) is 17.5 Å². The van der Waals surface area contributed by atoms with Crippen LogP contribution in [-0.2, 0) is 0 Å². The molecule has 0 radical (unpaired) electrons. The van der Waals surface area contributed by atoms with E-state index < -0.39 is 0 Å². The number of pyridine rings is 1. The van der Waals surface area contributed by atoms with E-state index >= 15 is 0 Å². The molecule has 1 N–H and O–H groups in total. The normalized spacial score (nSPS) is 10.8. The Kier molecular flexibility index (Phi) is 6.17. The van der Waals surface area contributed by atoms with E-state index in [9.17, 15) is 4.79 Å². The molecule has 7 nitrogen and oxygen atoms in total. The third-order valence-corrected chi connectivity index (χ3v) is 4.72. The van der Waals surface area contributed by atoms with Crippen molar-refractivity contribution in [3.05, 3.63) is 85.2 Å². The lowest BCUT2D eigenvalue weighted by Gasteiger charge is -2.13. The minimum atomic E-state index is -0.345. The van der Waals surface area contributed by atoms with Gasteiger partial charge in [-0.15, -0.1) is 0 Å². The lowest BCUT2D eigenvalue weighted by Crippen LogP contribution is -2.11. The van der Waals surface area contributed by atoms with E-state index in [0.29, 0.717) is 23.8 Å². The van der Waals surface area contributed by atoms with Crippen LogP contribution in [0.15, 0.2) is 78.3 Å². The van der Waals surface area contributed by atoms with E-state index in [0.717, 1.165) is 22.3 Å². The smallest absolute Gasteiger partial charge is 0.277 e. The molecule has 2 aromatic heterocycles. The maximum Gasteiger partial charge on any atom is 0.277 e. The average Bonchev–Trinajstić information content (AvgIpc) is 3.34. The number of carbonyl (C=O) groups is 1. The first kappa shape index (κ1) is 21.1. The number of fused-ring (bicyclic) bond motifs is 1. The van der Waals surface area contributed by atoms with Gasteiger partial charge in [0.15, 0.2) is 12.1 Å². The van der Waals surface area contributed by atoms with Gasteiger partial charge < -0.3 is 19.2 Å². The SMILES string of the molecule is C=CCOc1cc(C(C)C)nc2ccc(Oc3ccc(NC(=O)c4cocn4)cc3)cc12. The van der Waals surface area contributed by atoms with Crippen LogP contribution in [-0.4, -0.2) is 22.5 Å². The first-order valence-corrected chi connectivity index (χ1v) is 10.2. The number of aromatic nitrogens is 2. The number of amides is 1. The fourth-order valence-corrected chi connectivity index (χ4v) is 3.08. The molecular formula is C25H23N3O4. The van der Waals surface area contributed by atoms with Crippen molar-refractivity contribution in [1.29, 1.82) is 0 Å². The van der Waals surface area contributed by atoms with Gasteiger partial charge in [0.05, 0.1) is 5.52 Å². The van der Waals surface area contributed by atoms with Gasteiger partial charge in [-0.3, -0.25) is 9.78 Å². The lowest BCUT2D eigenvalue weighted by atomic mass is 10.1. The Morgan fingerprint density at radius 1 is 1.16 bits per heavy atom. The number of hydrogen-bond donors (Lipinski definition) is 1. The van der Waals surface area contributed by atoms with Crippen molar-refractivity contribution in [2.24, 2.45) is 0 Å². The number of benzene rings is 2. The first-order valence-electron chi connectivity index (χ1n) is 10.2. The quantitative estimate of drug-likeness (QED) is 0.348. The van der Waals surface area contributed by atoms with Gasteiger partial charge in [-0.25, -0.2) is 4.98 Å². The van der Waals surface area contributed by atoms with Gasteiger partial charge in [-0.2, -0.15) is 0 Å². The zero-order valence-corrected chi connectivity index (χ0v) is 17.9. The molecule has 7 heteroatoms. The number of ether oxygens (including phenoxy) is 2. The molecule has 0 unspecified atom stereocenters. The minimum Gasteiger partial charge on any atom is -0.489 e. The summed E-state index contributed by atoms with van der Waals surface area (Å²) in [5.74, 6) is 1.96. The van der Waals surface area contributed by atoms with E-state index in [1.54, 1.807) is 30.3 Å². The van der Waals surface area contributed by atoms with Crippen LogP contribution in [0.4, 0.5) is 5.69 Å². The summed E-state index contributed by atoms with van der Waals surface area (Å²) in [5, 5.41) is 3.62. The summed E-state index contributed by atoms with van der Waals surface area (Å²) in [7, 11) is 0. The first-order chi connectivity index (χ1) is 15.5. The third-order valence-electron chi connectivity index (χ3n) is 4.72. The molecule has 0 aliphatic carbocycles. The van der Waals surface area contributed by atoms with Gasteiger partial charge >= 0.3 is 0 Å². The highest BCUT2D eigenvalue weighted by Crippen LogP contribution is 2.33. The van der Waals surface area contributed by atoms with E-state index in [4.69, 9.17) is 18.9 Å². The molecule has 0 bridgehead atoms. The summed E-state index contributed by atoms with van der Waals surface area (Å²) in [4.78, 5) is 20.6. The molecule has 1 amide bonds. The number of nitrogens with zero attached hydrogens (tertiary/aromatic N) is 2. The van der Waals surface area contributed by atoms with Crippen LogP contribution in [0.1, 0.15) is 35.9 Å². The zero-order valence-electron chi connectivity index (χ0n) is 17.9. The van der Waals surface area contributed by atoms with Crippen molar-refractivity contribution >= 4 is 22.5 Å². The van der Waals surface area contributed by atoms with Crippen molar-refractivity contribution in [3.8, 4) is 17.2 Å². The molecule has 0 saturated carbocycles. The number of hydrogen-bond acceptors (Lipinski definition) is 6. The molecule has 4 rings (SSSR count). The Labute approximate surface area is 185 Å². The monoisotopic (exact) mass is 429 g/mol. The van der Waals surface area contributed by atoms with Crippen LogP contribution in [0.5, 0.6) is 17.2 Å². The zero-order chi connectivity index (χ0) is 22.5. The number of anilines is 1. The summed E-state index contributed by atoms with van der Waals surface area (Å²) in [5.41, 5.74) is 2.64.